The van der Waals surface area contributed by atoms with Crippen LogP contribution in [0, 0.1) is 0 Å². The van der Waals surface area contributed by atoms with Gasteiger partial charge in [-0.1, -0.05) is 18.2 Å². The summed E-state index contributed by atoms with van der Waals surface area (Å²) >= 11 is 0. The first-order valence-electron chi connectivity index (χ1n) is 7.85. The lowest BCUT2D eigenvalue weighted by molar-refractivity contribution is -0.120. The molecule has 1 N–H and O–H groups in total. The van der Waals surface area contributed by atoms with E-state index in [9.17, 15) is 4.79 Å². The summed E-state index contributed by atoms with van der Waals surface area (Å²) < 4.78 is 16.0. The number of carbonyl (C=O) groups is 1. The molecule has 0 aliphatic heterocycles. The predicted octanol–water partition coefficient (Wildman–Crippen LogP) is 2.96. The average molecular weight is 329 g/mol. The lowest BCUT2D eigenvalue weighted by Gasteiger charge is -2.11. The number of benzene rings is 2. The number of hydrogen-bond acceptors (Lipinski definition) is 4. The van der Waals surface area contributed by atoms with Crippen molar-refractivity contribution in [2.45, 2.75) is 19.9 Å². The molecule has 5 nitrogen and oxygen atoms in total. The molecular weight excluding hydrogens is 306 g/mol. The third kappa shape index (κ3) is 4.91. The molecule has 0 saturated heterocycles. The van der Waals surface area contributed by atoms with Gasteiger partial charge in [0.1, 0.15) is 5.75 Å². The third-order valence-electron chi connectivity index (χ3n) is 3.52. The molecule has 1 amide bonds. The molecule has 0 atom stereocenters. The van der Waals surface area contributed by atoms with Gasteiger partial charge in [-0.2, -0.15) is 0 Å². The lowest BCUT2D eigenvalue weighted by atomic mass is 10.1. The highest BCUT2D eigenvalue weighted by atomic mass is 16.5. The number of ether oxygens (including phenoxy) is 3. The van der Waals surface area contributed by atoms with E-state index in [1.807, 2.05) is 49.4 Å². The quantitative estimate of drug-likeness (QED) is 0.809. The second-order valence-electron chi connectivity index (χ2n) is 5.22. The molecule has 24 heavy (non-hydrogen) atoms. The molecule has 0 saturated carbocycles. The topological polar surface area (TPSA) is 56.8 Å². The van der Waals surface area contributed by atoms with Crippen LogP contribution in [0.4, 0.5) is 0 Å². The number of rotatable bonds is 8. The molecule has 0 aliphatic carbocycles. The van der Waals surface area contributed by atoms with Crippen molar-refractivity contribution in [3.63, 3.8) is 0 Å². The van der Waals surface area contributed by atoms with E-state index in [0.29, 0.717) is 31.1 Å². The number of methoxy groups -OCH3 is 2. The first kappa shape index (κ1) is 17.7. The van der Waals surface area contributed by atoms with Gasteiger partial charge in [-0.05, 0) is 42.3 Å². The third-order valence-corrected chi connectivity index (χ3v) is 3.52. The van der Waals surface area contributed by atoms with Crippen LogP contribution in [-0.4, -0.2) is 26.7 Å². The number of carbonyl (C=O) groups excluding carboxylic acids is 1. The van der Waals surface area contributed by atoms with Gasteiger partial charge in [0.05, 0.1) is 27.2 Å². The summed E-state index contributed by atoms with van der Waals surface area (Å²) in [5.41, 5.74) is 1.87. The highest BCUT2D eigenvalue weighted by Gasteiger charge is 2.08. The molecule has 2 aromatic rings. The minimum atomic E-state index is -0.0453. The summed E-state index contributed by atoms with van der Waals surface area (Å²) in [4.78, 5) is 12.1. The van der Waals surface area contributed by atoms with Crippen LogP contribution in [0.5, 0.6) is 17.2 Å². The summed E-state index contributed by atoms with van der Waals surface area (Å²) in [5, 5.41) is 2.91. The Bertz CT molecular complexity index is 685. The Labute approximate surface area is 142 Å². The molecule has 2 rings (SSSR count). The van der Waals surface area contributed by atoms with Gasteiger partial charge in [-0.25, -0.2) is 0 Å². The molecule has 0 fully saturated rings. The maximum atomic E-state index is 12.1. The first-order valence-corrected chi connectivity index (χ1v) is 7.85. The Kier molecular flexibility index (Phi) is 6.49. The van der Waals surface area contributed by atoms with Crippen LogP contribution in [0.3, 0.4) is 0 Å². The van der Waals surface area contributed by atoms with E-state index in [1.54, 1.807) is 14.2 Å². The van der Waals surface area contributed by atoms with Gasteiger partial charge in [0.25, 0.3) is 0 Å². The van der Waals surface area contributed by atoms with Gasteiger partial charge < -0.3 is 19.5 Å². The molecule has 128 valence electrons. The summed E-state index contributed by atoms with van der Waals surface area (Å²) in [7, 11) is 3.21. The monoisotopic (exact) mass is 329 g/mol. The molecular formula is C19H23NO4. The average Bonchev–Trinajstić information content (AvgIpc) is 2.61. The predicted molar refractivity (Wildman–Crippen MR) is 92.7 cm³/mol. The van der Waals surface area contributed by atoms with Crippen molar-refractivity contribution in [3.05, 3.63) is 53.6 Å². The van der Waals surface area contributed by atoms with Crippen LogP contribution in [0.25, 0.3) is 0 Å². The molecule has 5 heteroatoms. The molecule has 0 unspecified atom stereocenters. The largest absolute Gasteiger partial charge is 0.497 e. The fourth-order valence-corrected chi connectivity index (χ4v) is 2.33. The Morgan fingerprint density at radius 3 is 2.54 bits per heavy atom. The van der Waals surface area contributed by atoms with Crippen molar-refractivity contribution in [3.8, 4) is 17.2 Å². The van der Waals surface area contributed by atoms with E-state index in [0.717, 1.165) is 16.9 Å². The molecule has 0 bridgehead atoms. The van der Waals surface area contributed by atoms with Crippen molar-refractivity contribution in [2.24, 2.45) is 0 Å². The zero-order valence-corrected chi connectivity index (χ0v) is 14.3. The fraction of sp³-hybridized carbons (Fsp3) is 0.316. The second-order valence-corrected chi connectivity index (χ2v) is 5.22. The summed E-state index contributed by atoms with van der Waals surface area (Å²) in [5.74, 6) is 2.07. The maximum absolute atomic E-state index is 12.1. The Morgan fingerprint density at radius 1 is 1.00 bits per heavy atom. The van der Waals surface area contributed by atoms with Gasteiger partial charge >= 0.3 is 0 Å². The molecule has 0 aliphatic rings. The van der Waals surface area contributed by atoms with Gasteiger partial charge in [-0.15, -0.1) is 0 Å². The van der Waals surface area contributed by atoms with E-state index < -0.39 is 0 Å². The van der Waals surface area contributed by atoms with Crippen LogP contribution in [0.15, 0.2) is 42.5 Å². The van der Waals surface area contributed by atoms with Crippen molar-refractivity contribution in [1.29, 1.82) is 0 Å². The van der Waals surface area contributed by atoms with Crippen LogP contribution in [-0.2, 0) is 17.8 Å². The SMILES string of the molecule is CCOc1ccc(CNC(=O)Cc2cccc(OC)c2)cc1OC. The fourth-order valence-electron chi connectivity index (χ4n) is 2.33. The van der Waals surface area contributed by atoms with Crippen molar-refractivity contribution >= 4 is 5.91 Å². The smallest absolute Gasteiger partial charge is 0.224 e. The minimum absolute atomic E-state index is 0.0453. The maximum Gasteiger partial charge on any atom is 0.224 e. The highest BCUT2D eigenvalue weighted by molar-refractivity contribution is 5.78. The van der Waals surface area contributed by atoms with Crippen LogP contribution < -0.4 is 19.5 Å². The zero-order valence-electron chi connectivity index (χ0n) is 14.3. The molecule has 2 aromatic carbocycles. The van der Waals surface area contributed by atoms with Gasteiger partial charge in [0.15, 0.2) is 11.5 Å². The summed E-state index contributed by atoms with van der Waals surface area (Å²) in [6, 6.07) is 13.1. The van der Waals surface area contributed by atoms with E-state index in [-0.39, 0.29) is 5.91 Å². The van der Waals surface area contributed by atoms with Crippen LogP contribution in [0.2, 0.25) is 0 Å². The van der Waals surface area contributed by atoms with Gasteiger partial charge in [0.2, 0.25) is 5.91 Å². The lowest BCUT2D eigenvalue weighted by Crippen LogP contribution is -2.24. The number of nitrogens with one attached hydrogen (secondary N) is 1. The number of hydrogen-bond donors (Lipinski definition) is 1. The van der Waals surface area contributed by atoms with E-state index in [2.05, 4.69) is 5.32 Å². The van der Waals surface area contributed by atoms with Crippen molar-refractivity contribution < 1.29 is 19.0 Å². The normalized spacial score (nSPS) is 10.1. The van der Waals surface area contributed by atoms with E-state index in [4.69, 9.17) is 14.2 Å². The van der Waals surface area contributed by atoms with Crippen LogP contribution >= 0.6 is 0 Å². The van der Waals surface area contributed by atoms with Crippen molar-refractivity contribution in [1.82, 2.24) is 5.32 Å². The van der Waals surface area contributed by atoms with Crippen LogP contribution in [0.1, 0.15) is 18.1 Å². The van der Waals surface area contributed by atoms with E-state index >= 15 is 0 Å². The second kappa shape index (κ2) is 8.82. The van der Waals surface area contributed by atoms with Crippen molar-refractivity contribution in [2.75, 3.05) is 20.8 Å². The number of amides is 1. The van der Waals surface area contributed by atoms with Gasteiger partial charge in [0, 0.05) is 6.54 Å². The molecule has 0 radical (unpaired) electrons. The molecule has 0 aromatic heterocycles. The molecule has 0 spiro atoms. The zero-order chi connectivity index (χ0) is 17.4. The Hall–Kier alpha value is -2.69. The molecule has 0 heterocycles. The summed E-state index contributed by atoms with van der Waals surface area (Å²) in [6.45, 7) is 2.94. The first-order chi connectivity index (χ1) is 11.7. The van der Waals surface area contributed by atoms with E-state index in [1.165, 1.54) is 0 Å². The van der Waals surface area contributed by atoms with Gasteiger partial charge in [-0.3, -0.25) is 4.79 Å². The Morgan fingerprint density at radius 2 is 1.83 bits per heavy atom. The summed E-state index contributed by atoms with van der Waals surface area (Å²) in [6.07, 6.45) is 0.311. The minimum Gasteiger partial charge on any atom is -0.497 e. The standard InChI is InChI=1S/C19H23NO4/c1-4-24-17-9-8-15(11-18(17)23-3)13-20-19(21)12-14-6-5-7-16(10-14)22-2/h5-11H,4,12-13H2,1-3H3,(H,20,21). The highest BCUT2D eigenvalue weighted by Crippen LogP contribution is 2.27. The Balaban J connectivity index is 1.93.